The summed E-state index contributed by atoms with van der Waals surface area (Å²) in [6, 6.07) is 9.95. The summed E-state index contributed by atoms with van der Waals surface area (Å²) < 4.78 is 0. The van der Waals surface area contributed by atoms with Gasteiger partial charge in [0.2, 0.25) is 5.95 Å². The molecule has 0 saturated heterocycles. The van der Waals surface area contributed by atoms with Crippen molar-refractivity contribution in [3.8, 4) is 0 Å². The van der Waals surface area contributed by atoms with E-state index in [1.807, 2.05) is 42.2 Å². The first kappa shape index (κ1) is 15.9. The van der Waals surface area contributed by atoms with E-state index >= 15 is 0 Å². The standard InChI is InChI=1S/C17H22N4O/c1-4-21(15-8-6-5-7-9-15)17-19-11-14(12-20-17)16(22)18-10-13(2)3/h5-9,11-13H,4,10H2,1-3H3,(H,18,22). The lowest BCUT2D eigenvalue weighted by atomic mass is 10.2. The Morgan fingerprint density at radius 1 is 1.18 bits per heavy atom. The minimum absolute atomic E-state index is 0.136. The van der Waals surface area contributed by atoms with Crippen LogP contribution in [-0.2, 0) is 0 Å². The summed E-state index contributed by atoms with van der Waals surface area (Å²) >= 11 is 0. The fourth-order valence-electron chi connectivity index (χ4n) is 2.02. The first-order valence-electron chi connectivity index (χ1n) is 7.54. The number of aromatic nitrogens is 2. The number of rotatable bonds is 6. The van der Waals surface area contributed by atoms with Crippen LogP contribution in [0.3, 0.4) is 0 Å². The van der Waals surface area contributed by atoms with Crippen LogP contribution >= 0.6 is 0 Å². The Morgan fingerprint density at radius 3 is 2.36 bits per heavy atom. The van der Waals surface area contributed by atoms with Crippen LogP contribution < -0.4 is 10.2 Å². The van der Waals surface area contributed by atoms with Gasteiger partial charge in [-0.25, -0.2) is 9.97 Å². The highest BCUT2D eigenvalue weighted by Crippen LogP contribution is 2.20. The second kappa shape index (κ2) is 7.54. The van der Waals surface area contributed by atoms with Crippen LogP contribution in [0.15, 0.2) is 42.7 Å². The predicted molar refractivity (Wildman–Crippen MR) is 88.3 cm³/mol. The second-order valence-electron chi connectivity index (χ2n) is 5.46. The molecule has 0 radical (unpaired) electrons. The maximum absolute atomic E-state index is 12.0. The zero-order chi connectivity index (χ0) is 15.9. The molecule has 1 N–H and O–H groups in total. The lowest BCUT2D eigenvalue weighted by Gasteiger charge is -2.20. The van der Waals surface area contributed by atoms with E-state index in [4.69, 9.17) is 0 Å². The van der Waals surface area contributed by atoms with E-state index in [1.165, 1.54) is 0 Å². The van der Waals surface area contributed by atoms with Crippen LogP contribution in [0.1, 0.15) is 31.1 Å². The summed E-state index contributed by atoms with van der Waals surface area (Å²) in [6.45, 7) is 7.55. The van der Waals surface area contributed by atoms with E-state index in [0.717, 1.165) is 12.2 Å². The number of hydrogen-bond acceptors (Lipinski definition) is 4. The highest BCUT2D eigenvalue weighted by Gasteiger charge is 2.12. The topological polar surface area (TPSA) is 58.1 Å². The van der Waals surface area contributed by atoms with Crippen molar-refractivity contribution in [2.75, 3.05) is 18.0 Å². The third-order valence-electron chi connectivity index (χ3n) is 3.20. The second-order valence-corrected chi connectivity index (χ2v) is 5.46. The van der Waals surface area contributed by atoms with Gasteiger partial charge in [-0.3, -0.25) is 4.79 Å². The van der Waals surface area contributed by atoms with E-state index < -0.39 is 0 Å². The maximum atomic E-state index is 12.0. The van der Waals surface area contributed by atoms with Gasteiger partial charge < -0.3 is 10.2 Å². The molecule has 0 aliphatic carbocycles. The van der Waals surface area contributed by atoms with Crippen molar-refractivity contribution in [3.05, 3.63) is 48.3 Å². The van der Waals surface area contributed by atoms with Crippen molar-refractivity contribution in [1.29, 1.82) is 0 Å². The summed E-state index contributed by atoms with van der Waals surface area (Å²) in [7, 11) is 0. The van der Waals surface area contributed by atoms with E-state index in [1.54, 1.807) is 12.4 Å². The molecule has 0 aliphatic rings. The molecule has 22 heavy (non-hydrogen) atoms. The van der Waals surface area contributed by atoms with Crippen molar-refractivity contribution in [2.24, 2.45) is 5.92 Å². The molecule has 2 aromatic rings. The number of carbonyl (C=O) groups is 1. The molecule has 0 atom stereocenters. The van der Waals surface area contributed by atoms with Gasteiger partial charge in [-0.2, -0.15) is 0 Å². The molecule has 1 aromatic heterocycles. The molecule has 0 unspecified atom stereocenters. The monoisotopic (exact) mass is 298 g/mol. The van der Waals surface area contributed by atoms with Crippen LogP contribution in [-0.4, -0.2) is 29.0 Å². The van der Waals surface area contributed by atoms with Crippen LogP contribution in [0.4, 0.5) is 11.6 Å². The van der Waals surface area contributed by atoms with Gasteiger partial charge in [-0.15, -0.1) is 0 Å². The smallest absolute Gasteiger partial charge is 0.254 e. The molecular weight excluding hydrogens is 276 g/mol. The number of benzene rings is 1. The number of nitrogens with zero attached hydrogens (tertiary/aromatic N) is 3. The molecule has 0 fully saturated rings. The van der Waals surface area contributed by atoms with Gasteiger partial charge in [0.15, 0.2) is 0 Å². The largest absolute Gasteiger partial charge is 0.352 e. The summed E-state index contributed by atoms with van der Waals surface area (Å²) in [4.78, 5) is 22.6. The minimum atomic E-state index is -0.136. The first-order chi connectivity index (χ1) is 10.6. The first-order valence-corrected chi connectivity index (χ1v) is 7.54. The molecule has 0 spiro atoms. The Labute approximate surface area is 131 Å². The molecule has 0 aliphatic heterocycles. The average Bonchev–Trinajstić information content (AvgIpc) is 2.55. The number of hydrogen-bond donors (Lipinski definition) is 1. The van der Waals surface area contributed by atoms with E-state index in [0.29, 0.717) is 24.0 Å². The SMILES string of the molecule is CCN(c1ccccc1)c1ncc(C(=O)NCC(C)C)cn1. The van der Waals surface area contributed by atoms with Crippen molar-refractivity contribution in [1.82, 2.24) is 15.3 Å². The number of amides is 1. The maximum Gasteiger partial charge on any atom is 0.254 e. The van der Waals surface area contributed by atoms with Gasteiger partial charge in [-0.1, -0.05) is 32.0 Å². The Kier molecular flexibility index (Phi) is 5.47. The fourth-order valence-corrected chi connectivity index (χ4v) is 2.02. The van der Waals surface area contributed by atoms with Gasteiger partial charge in [0, 0.05) is 31.2 Å². The summed E-state index contributed by atoms with van der Waals surface area (Å²) in [5, 5.41) is 2.86. The number of anilines is 2. The molecule has 5 heteroatoms. The summed E-state index contributed by atoms with van der Waals surface area (Å²) in [6.07, 6.45) is 3.15. The molecule has 1 heterocycles. The third-order valence-corrected chi connectivity index (χ3v) is 3.20. The van der Waals surface area contributed by atoms with Crippen molar-refractivity contribution in [3.63, 3.8) is 0 Å². The predicted octanol–water partition coefficient (Wildman–Crippen LogP) is 3.02. The van der Waals surface area contributed by atoms with Crippen LogP contribution in [0, 0.1) is 5.92 Å². The molecule has 0 saturated carbocycles. The zero-order valence-corrected chi connectivity index (χ0v) is 13.3. The van der Waals surface area contributed by atoms with E-state index in [9.17, 15) is 4.79 Å². The van der Waals surface area contributed by atoms with Crippen molar-refractivity contribution >= 4 is 17.5 Å². The van der Waals surface area contributed by atoms with Gasteiger partial charge in [0.25, 0.3) is 5.91 Å². The van der Waals surface area contributed by atoms with Crippen molar-refractivity contribution in [2.45, 2.75) is 20.8 Å². The molecule has 1 aromatic carbocycles. The van der Waals surface area contributed by atoms with Crippen LogP contribution in [0.25, 0.3) is 0 Å². The lowest BCUT2D eigenvalue weighted by molar-refractivity contribution is 0.0948. The number of nitrogens with one attached hydrogen (secondary N) is 1. The van der Waals surface area contributed by atoms with Gasteiger partial charge in [-0.05, 0) is 25.0 Å². The Balaban J connectivity index is 2.12. The van der Waals surface area contributed by atoms with Gasteiger partial charge >= 0.3 is 0 Å². The van der Waals surface area contributed by atoms with E-state index in [-0.39, 0.29) is 5.91 Å². The molecule has 1 amide bonds. The van der Waals surface area contributed by atoms with Crippen molar-refractivity contribution < 1.29 is 4.79 Å². The molecular formula is C17H22N4O. The van der Waals surface area contributed by atoms with E-state index in [2.05, 4.69) is 29.1 Å². The lowest BCUT2D eigenvalue weighted by Crippen LogP contribution is -2.28. The normalized spacial score (nSPS) is 10.5. The molecule has 5 nitrogen and oxygen atoms in total. The minimum Gasteiger partial charge on any atom is -0.352 e. The van der Waals surface area contributed by atoms with Crippen LogP contribution in [0.5, 0.6) is 0 Å². The molecule has 0 bridgehead atoms. The van der Waals surface area contributed by atoms with Gasteiger partial charge in [0.1, 0.15) is 0 Å². The third kappa shape index (κ3) is 4.04. The quantitative estimate of drug-likeness (QED) is 0.890. The Morgan fingerprint density at radius 2 is 1.82 bits per heavy atom. The summed E-state index contributed by atoms with van der Waals surface area (Å²) in [5.74, 6) is 0.870. The highest BCUT2D eigenvalue weighted by atomic mass is 16.1. The fraction of sp³-hybridized carbons (Fsp3) is 0.353. The van der Waals surface area contributed by atoms with Crippen LogP contribution in [0.2, 0.25) is 0 Å². The number of carbonyl (C=O) groups excluding carboxylic acids is 1. The molecule has 116 valence electrons. The zero-order valence-electron chi connectivity index (χ0n) is 13.3. The summed E-state index contributed by atoms with van der Waals surface area (Å²) in [5.41, 5.74) is 1.51. The van der Waals surface area contributed by atoms with Gasteiger partial charge in [0.05, 0.1) is 5.56 Å². The highest BCUT2D eigenvalue weighted by molar-refractivity contribution is 5.93. The number of para-hydroxylation sites is 1. The molecule has 2 rings (SSSR count). The Hall–Kier alpha value is -2.43. The average molecular weight is 298 g/mol. The Bertz CT molecular complexity index is 596.